The van der Waals surface area contributed by atoms with Gasteiger partial charge in [-0.15, -0.1) is 11.8 Å². The van der Waals surface area contributed by atoms with Gasteiger partial charge in [-0.3, -0.25) is 4.79 Å². The fourth-order valence-electron chi connectivity index (χ4n) is 1.78. The molecule has 0 aliphatic heterocycles. The second kappa shape index (κ2) is 5.33. The minimum absolute atomic E-state index is 0.00310. The largest absolute Gasteiger partial charge is 0.481 e. The zero-order chi connectivity index (χ0) is 13.2. The average Bonchev–Trinajstić information content (AvgIpc) is 3.06. The summed E-state index contributed by atoms with van der Waals surface area (Å²) in [6, 6.07) is 7.70. The van der Waals surface area contributed by atoms with E-state index in [1.807, 2.05) is 12.1 Å². The molecule has 0 unspecified atom stereocenters. The third-order valence-corrected chi connectivity index (χ3v) is 5.09. The number of benzene rings is 1. The minimum atomic E-state index is -0.714. The van der Waals surface area contributed by atoms with Crippen molar-refractivity contribution in [3.63, 3.8) is 0 Å². The molecule has 0 aromatic heterocycles. The topological polar surface area (TPSA) is 61.1 Å². The molecular weight excluding hydrogens is 314 g/mol. The van der Waals surface area contributed by atoms with Crippen molar-refractivity contribution in [3.8, 4) is 6.07 Å². The van der Waals surface area contributed by atoms with Gasteiger partial charge in [-0.25, -0.2) is 0 Å². The van der Waals surface area contributed by atoms with E-state index in [9.17, 15) is 4.79 Å². The first-order chi connectivity index (χ1) is 8.54. The first-order valence-electron chi connectivity index (χ1n) is 5.59. The van der Waals surface area contributed by atoms with Crippen LogP contribution in [-0.4, -0.2) is 16.8 Å². The predicted molar refractivity (Wildman–Crippen MR) is 73.5 cm³/mol. The van der Waals surface area contributed by atoms with E-state index in [4.69, 9.17) is 10.4 Å². The van der Waals surface area contributed by atoms with Gasteiger partial charge < -0.3 is 5.11 Å². The molecule has 5 heteroatoms. The van der Waals surface area contributed by atoms with Gasteiger partial charge in [0, 0.05) is 15.1 Å². The molecule has 1 aromatic rings. The van der Waals surface area contributed by atoms with Gasteiger partial charge in [-0.05, 0) is 52.4 Å². The van der Waals surface area contributed by atoms with E-state index in [1.54, 1.807) is 17.8 Å². The quantitative estimate of drug-likeness (QED) is 0.839. The summed E-state index contributed by atoms with van der Waals surface area (Å²) in [4.78, 5) is 11.8. The summed E-state index contributed by atoms with van der Waals surface area (Å²) >= 11 is 5.02. The fourth-order valence-corrected chi connectivity index (χ4v) is 3.63. The lowest BCUT2D eigenvalue weighted by molar-refractivity contribution is -0.138. The molecule has 18 heavy (non-hydrogen) atoms. The van der Waals surface area contributed by atoms with Crippen molar-refractivity contribution < 1.29 is 9.90 Å². The number of halogens is 1. The number of nitrogens with zero attached hydrogens (tertiary/aromatic N) is 1. The molecule has 0 bridgehead atoms. The highest BCUT2D eigenvalue weighted by Gasteiger charge is 2.44. The number of carboxylic acid groups (broad SMARTS) is 1. The third-order valence-electron chi connectivity index (χ3n) is 3.09. The number of carbonyl (C=O) groups is 1. The summed E-state index contributed by atoms with van der Waals surface area (Å²) in [6.07, 6.45) is 2.27. The summed E-state index contributed by atoms with van der Waals surface area (Å²) in [5, 5.41) is 17.7. The van der Waals surface area contributed by atoms with Crippen LogP contribution in [0.2, 0.25) is 0 Å². The van der Waals surface area contributed by atoms with Crippen molar-refractivity contribution in [1.29, 1.82) is 5.26 Å². The van der Waals surface area contributed by atoms with E-state index in [0.29, 0.717) is 5.56 Å². The summed E-state index contributed by atoms with van der Waals surface area (Å²) in [6.45, 7) is 0. The van der Waals surface area contributed by atoms with E-state index >= 15 is 0 Å². The van der Waals surface area contributed by atoms with E-state index in [2.05, 4.69) is 22.0 Å². The normalized spacial score (nSPS) is 16.0. The van der Waals surface area contributed by atoms with Gasteiger partial charge in [-0.1, -0.05) is 0 Å². The molecule has 0 radical (unpaired) electrons. The lowest BCUT2D eigenvalue weighted by atomic mass is 10.1. The lowest BCUT2D eigenvalue weighted by Crippen LogP contribution is -2.10. The van der Waals surface area contributed by atoms with Gasteiger partial charge >= 0.3 is 5.97 Å². The Morgan fingerprint density at radius 2 is 2.28 bits per heavy atom. The molecule has 1 fully saturated rings. The van der Waals surface area contributed by atoms with Crippen molar-refractivity contribution in [3.05, 3.63) is 28.2 Å². The second-order valence-electron chi connectivity index (χ2n) is 4.61. The smallest absolute Gasteiger partial charge is 0.303 e. The highest BCUT2D eigenvalue weighted by molar-refractivity contribution is 9.10. The second-order valence-corrected chi connectivity index (χ2v) is 6.52. The number of aliphatic carboxylic acids is 1. The van der Waals surface area contributed by atoms with Crippen molar-refractivity contribution in [1.82, 2.24) is 0 Å². The molecular formula is C13H12BrNO2S. The van der Waals surface area contributed by atoms with Crippen molar-refractivity contribution >= 4 is 33.7 Å². The Bertz CT molecular complexity index is 520. The van der Waals surface area contributed by atoms with Crippen LogP contribution in [0.1, 0.15) is 24.8 Å². The molecule has 3 nitrogen and oxygen atoms in total. The fraction of sp³-hybridized carbons (Fsp3) is 0.385. The molecule has 0 amide bonds. The molecule has 1 N–H and O–H groups in total. The average molecular weight is 326 g/mol. The SMILES string of the molecule is N#Cc1ccc(SCC2(CC(=O)O)CC2)cc1Br. The number of hydrogen-bond donors (Lipinski definition) is 1. The van der Waals surface area contributed by atoms with E-state index in [0.717, 1.165) is 28.0 Å². The molecule has 0 spiro atoms. The molecule has 1 saturated carbocycles. The Balaban J connectivity index is 1.97. The third kappa shape index (κ3) is 3.27. The maximum absolute atomic E-state index is 10.8. The molecule has 1 aromatic carbocycles. The van der Waals surface area contributed by atoms with Crippen LogP contribution in [0.4, 0.5) is 0 Å². The molecule has 0 heterocycles. The lowest BCUT2D eigenvalue weighted by Gasteiger charge is -2.11. The molecule has 1 aliphatic carbocycles. The van der Waals surface area contributed by atoms with Crippen molar-refractivity contribution in [2.75, 3.05) is 5.75 Å². The molecule has 94 valence electrons. The van der Waals surface area contributed by atoms with E-state index in [1.165, 1.54) is 0 Å². The van der Waals surface area contributed by atoms with Crippen molar-refractivity contribution in [2.45, 2.75) is 24.2 Å². The van der Waals surface area contributed by atoms with Crippen LogP contribution in [0.25, 0.3) is 0 Å². The van der Waals surface area contributed by atoms with Crippen LogP contribution in [-0.2, 0) is 4.79 Å². The zero-order valence-electron chi connectivity index (χ0n) is 9.65. The zero-order valence-corrected chi connectivity index (χ0v) is 12.1. The monoisotopic (exact) mass is 325 g/mol. The van der Waals surface area contributed by atoms with Crippen LogP contribution in [0.15, 0.2) is 27.6 Å². The molecule has 1 aliphatic rings. The van der Waals surface area contributed by atoms with Crippen LogP contribution in [0, 0.1) is 16.7 Å². The van der Waals surface area contributed by atoms with Crippen LogP contribution >= 0.6 is 27.7 Å². The van der Waals surface area contributed by atoms with Gasteiger partial charge in [0.15, 0.2) is 0 Å². The van der Waals surface area contributed by atoms with Crippen LogP contribution in [0.5, 0.6) is 0 Å². The maximum atomic E-state index is 10.8. The van der Waals surface area contributed by atoms with E-state index in [-0.39, 0.29) is 11.8 Å². The Morgan fingerprint density at radius 1 is 1.56 bits per heavy atom. The van der Waals surface area contributed by atoms with Gasteiger partial charge in [0.1, 0.15) is 6.07 Å². The number of rotatable bonds is 5. The summed E-state index contributed by atoms with van der Waals surface area (Å²) in [7, 11) is 0. The van der Waals surface area contributed by atoms with Crippen LogP contribution < -0.4 is 0 Å². The molecule has 0 atom stereocenters. The Hall–Kier alpha value is -0.990. The Morgan fingerprint density at radius 3 is 2.78 bits per heavy atom. The first-order valence-corrected chi connectivity index (χ1v) is 7.37. The van der Waals surface area contributed by atoms with Crippen LogP contribution in [0.3, 0.4) is 0 Å². The van der Waals surface area contributed by atoms with Gasteiger partial charge in [0.2, 0.25) is 0 Å². The minimum Gasteiger partial charge on any atom is -0.481 e. The number of nitriles is 1. The van der Waals surface area contributed by atoms with Gasteiger partial charge in [0.25, 0.3) is 0 Å². The van der Waals surface area contributed by atoms with Gasteiger partial charge in [-0.2, -0.15) is 5.26 Å². The Kier molecular flexibility index (Phi) is 3.98. The van der Waals surface area contributed by atoms with Gasteiger partial charge in [0.05, 0.1) is 12.0 Å². The summed E-state index contributed by atoms with van der Waals surface area (Å²) in [5.74, 6) is 0.117. The highest BCUT2D eigenvalue weighted by atomic mass is 79.9. The predicted octanol–water partition coefficient (Wildman–Crippen LogP) is 3.67. The first kappa shape index (κ1) is 13.4. The standard InChI is InChI=1S/C13H12BrNO2S/c14-11-5-10(2-1-9(11)7-15)18-8-13(3-4-13)6-12(16)17/h1-2,5H,3-4,6,8H2,(H,16,17). The van der Waals surface area contributed by atoms with E-state index < -0.39 is 5.97 Å². The summed E-state index contributed by atoms with van der Waals surface area (Å²) in [5.41, 5.74) is 0.614. The number of carboxylic acids is 1. The highest BCUT2D eigenvalue weighted by Crippen LogP contribution is 2.52. The number of hydrogen-bond acceptors (Lipinski definition) is 3. The molecule has 2 rings (SSSR count). The number of thioether (sulfide) groups is 1. The summed E-state index contributed by atoms with van der Waals surface area (Å²) < 4.78 is 0.790. The van der Waals surface area contributed by atoms with Crippen molar-refractivity contribution in [2.24, 2.45) is 5.41 Å². The maximum Gasteiger partial charge on any atom is 0.303 e. The molecule has 0 saturated heterocycles. The Labute approximate surface area is 118 Å².